The first-order valence-corrected chi connectivity index (χ1v) is 10.6. The van der Waals surface area contributed by atoms with E-state index in [0.717, 1.165) is 23.3 Å². The van der Waals surface area contributed by atoms with Gasteiger partial charge in [-0.15, -0.1) is 0 Å². The van der Waals surface area contributed by atoms with E-state index < -0.39 is 17.3 Å². The second kappa shape index (κ2) is 7.51. The molecular formula is C23H23F3N4O2. The highest BCUT2D eigenvalue weighted by Gasteiger charge is 2.51. The van der Waals surface area contributed by atoms with Crippen molar-refractivity contribution in [2.24, 2.45) is 0 Å². The molecule has 2 aliphatic heterocycles. The third-order valence-electron chi connectivity index (χ3n) is 6.52. The smallest absolute Gasteiger partial charge is 0.381 e. The average Bonchev–Trinajstić information content (AvgIpc) is 2.74. The summed E-state index contributed by atoms with van der Waals surface area (Å²) in [6.45, 7) is 1.17. The number of carbonyl (C=O) groups is 1. The maximum absolute atomic E-state index is 13.0. The lowest BCUT2D eigenvalue weighted by atomic mass is 9.67. The van der Waals surface area contributed by atoms with Crippen molar-refractivity contribution >= 4 is 23.2 Å². The molecule has 0 unspecified atom stereocenters. The van der Waals surface area contributed by atoms with E-state index in [1.54, 1.807) is 11.0 Å². The molecule has 3 N–H and O–H groups in total. The first kappa shape index (κ1) is 20.8. The van der Waals surface area contributed by atoms with Gasteiger partial charge in [-0.1, -0.05) is 18.2 Å². The Kier molecular flexibility index (Phi) is 4.88. The van der Waals surface area contributed by atoms with Gasteiger partial charge in [0, 0.05) is 37.1 Å². The van der Waals surface area contributed by atoms with E-state index in [2.05, 4.69) is 10.6 Å². The zero-order valence-corrected chi connectivity index (χ0v) is 17.3. The van der Waals surface area contributed by atoms with Crippen molar-refractivity contribution in [1.29, 1.82) is 5.41 Å². The van der Waals surface area contributed by atoms with Crippen LogP contribution in [0, 0.1) is 5.41 Å². The summed E-state index contributed by atoms with van der Waals surface area (Å²) in [6.07, 6.45) is -2.23. The number of amides is 1. The Balaban J connectivity index is 1.37. The lowest BCUT2D eigenvalue weighted by molar-refractivity contribution is -0.137. The number of guanidine groups is 1. The number of nitrogens with zero attached hydrogens (tertiary/aromatic N) is 1. The molecular weight excluding hydrogens is 421 g/mol. The molecule has 2 heterocycles. The fourth-order valence-electron chi connectivity index (χ4n) is 4.96. The van der Waals surface area contributed by atoms with Crippen LogP contribution in [-0.4, -0.2) is 36.0 Å². The largest absolute Gasteiger partial charge is 0.416 e. The molecule has 1 aliphatic carbocycles. The molecule has 9 heteroatoms. The SMILES string of the molecule is N=C1N[C@]2(CC(=O)N1C1CCOCC1)Cc1c(Nc3cccc(C(F)(F)F)c3)cccc12. The Morgan fingerprint density at radius 1 is 1.12 bits per heavy atom. The van der Waals surface area contributed by atoms with Crippen LogP contribution in [0.25, 0.3) is 0 Å². The van der Waals surface area contributed by atoms with E-state index in [9.17, 15) is 18.0 Å². The highest BCUT2D eigenvalue weighted by Crippen LogP contribution is 2.47. The van der Waals surface area contributed by atoms with Crippen molar-refractivity contribution in [1.82, 2.24) is 10.2 Å². The van der Waals surface area contributed by atoms with Crippen LogP contribution in [0.5, 0.6) is 0 Å². The van der Waals surface area contributed by atoms with Crippen LogP contribution in [0.1, 0.15) is 36.0 Å². The predicted molar refractivity (Wildman–Crippen MR) is 113 cm³/mol. The predicted octanol–water partition coefficient (Wildman–Crippen LogP) is 4.14. The van der Waals surface area contributed by atoms with Crippen molar-refractivity contribution < 1.29 is 22.7 Å². The molecule has 0 bridgehead atoms. The van der Waals surface area contributed by atoms with Crippen LogP contribution in [-0.2, 0) is 27.7 Å². The van der Waals surface area contributed by atoms with E-state index in [4.69, 9.17) is 10.1 Å². The molecule has 2 saturated heterocycles. The number of hydrogen-bond acceptors (Lipinski definition) is 4. The molecule has 6 nitrogen and oxygen atoms in total. The van der Waals surface area contributed by atoms with Crippen LogP contribution in [0.2, 0.25) is 0 Å². The summed E-state index contributed by atoms with van der Waals surface area (Å²) >= 11 is 0. The molecule has 1 atom stereocenters. The van der Waals surface area contributed by atoms with Crippen LogP contribution >= 0.6 is 0 Å². The standard InChI is InChI=1S/C23H23F3N4O2/c24-23(25,26)14-3-1-4-15(11-14)28-19-6-2-5-18-17(19)12-22(18)13-20(31)30(21(27)29-22)16-7-9-32-10-8-16/h1-6,11,16,28H,7-10,12-13H2,(H2,27,29)/t22-/m0/s1. The van der Waals surface area contributed by atoms with Gasteiger partial charge in [0.2, 0.25) is 5.91 Å². The molecule has 2 fully saturated rings. The summed E-state index contributed by atoms with van der Waals surface area (Å²) in [4.78, 5) is 14.6. The molecule has 32 heavy (non-hydrogen) atoms. The first-order valence-electron chi connectivity index (χ1n) is 10.6. The number of ether oxygens (including phenoxy) is 1. The number of alkyl halides is 3. The normalized spacial score (nSPS) is 23.5. The Morgan fingerprint density at radius 2 is 1.88 bits per heavy atom. The van der Waals surface area contributed by atoms with Gasteiger partial charge in [-0.05, 0) is 48.2 Å². The summed E-state index contributed by atoms with van der Waals surface area (Å²) in [5.41, 5.74) is 1.54. The quantitative estimate of drug-likeness (QED) is 0.665. The number of halogens is 3. The van der Waals surface area contributed by atoms with Gasteiger partial charge in [0.15, 0.2) is 5.96 Å². The zero-order valence-electron chi connectivity index (χ0n) is 17.3. The second-order valence-corrected chi connectivity index (χ2v) is 8.55. The van der Waals surface area contributed by atoms with Crippen molar-refractivity contribution in [3.63, 3.8) is 0 Å². The molecule has 1 amide bonds. The lowest BCUT2D eigenvalue weighted by Gasteiger charge is -2.51. The van der Waals surface area contributed by atoms with Crippen LogP contribution < -0.4 is 10.6 Å². The summed E-state index contributed by atoms with van der Waals surface area (Å²) in [5.74, 6) is 0.0255. The van der Waals surface area contributed by atoms with Crippen LogP contribution in [0.3, 0.4) is 0 Å². The molecule has 168 valence electrons. The monoisotopic (exact) mass is 444 g/mol. The maximum atomic E-state index is 13.0. The highest BCUT2D eigenvalue weighted by atomic mass is 19.4. The van der Waals surface area contributed by atoms with Crippen LogP contribution in [0.4, 0.5) is 24.5 Å². The number of anilines is 2. The number of nitrogens with one attached hydrogen (secondary N) is 3. The Hall–Kier alpha value is -3.07. The van der Waals surface area contributed by atoms with Gasteiger partial charge in [0.05, 0.1) is 17.5 Å². The number of rotatable bonds is 3. The van der Waals surface area contributed by atoms with Gasteiger partial charge in [-0.3, -0.25) is 15.1 Å². The number of carbonyl (C=O) groups excluding carboxylic acids is 1. The fourth-order valence-corrected chi connectivity index (χ4v) is 4.96. The first-order chi connectivity index (χ1) is 15.3. The molecule has 0 saturated carbocycles. The van der Waals surface area contributed by atoms with Crippen LogP contribution in [0.15, 0.2) is 42.5 Å². The minimum Gasteiger partial charge on any atom is -0.381 e. The summed E-state index contributed by atoms with van der Waals surface area (Å²) in [6, 6.07) is 10.6. The minimum absolute atomic E-state index is 0.0259. The molecule has 0 radical (unpaired) electrons. The highest BCUT2D eigenvalue weighted by molar-refractivity contribution is 6.00. The van der Waals surface area contributed by atoms with Crippen molar-refractivity contribution in [2.45, 2.75) is 43.4 Å². The fraction of sp³-hybridized carbons (Fsp3) is 0.391. The molecule has 5 rings (SSSR count). The number of benzene rings is 2. The third-order valence-corrected chi connectivity index (χ3v) is 6.52. The average molecular weight is 444 g/mol. The van der Waals surface area contributed by atoms with Gasteiger partial charge in [0.1, 0.15) is 0 Å². The van der Waals surface area contributed by atoms with E-state index >= 15 is 0 Å². The Bertz CT molecular complexity index is 1060. The van der Waals surface area contributed by atoms with Gasteiger partial charge in [-0.25, -0.2) is 0 Å². The Labute approximate surface area is 183 Å². The van der Waals surface area contributed by atoms with Gasteiger partial charge in [0.25, 0.3) is 0 Å². The van der Waals surface area contributed by atoms with Gasteiger partial charge >= 0.3 is 6.18 Å². The molecule has 2 aromatic carbocycles. The number of fused-ring (bicyclic) bond motifs is 2. The summed E-state index contributed by atoms with van der Waals surface area (Å²) in [5, 5.41) is 14.8. The summed E-state index contributed by atoms with van der Waals surface area (Å²) in [7, 11) is 0. The third kappa shape index (κ3) is 3.50. The Morgan fingerprint density at radius 3 is 2.59 bits per heavy atom. The van der Waals surface area contributed by atoms with E-state index in [1.807, 2.05) is 18.2 Å². The topological polar surface area (TPSA) is 77.5 Å². The maximum Gasteiger partial charge on any atom is 0.416 e. The molecule has 1 spiro atoms. The van der Waals surface area contributed by atoms with E-state index in [0.29, 0.717) is 43.9 Å². The summed E-state index contributed by atoms with van der Waals surface area (Å²) < 4.78 is 44.5. The van der Waals surface area contributed by atoms with E-state index in [-0.39, 0.29) is 24.3 Å². The number of hydrogen-bond donors (Lipinski definition) is 3. The second-order valence-electron chi connectivity index (χ2n) is 8.55. The lowest BCUT2D eigenvalue weighted by Crippen LogP contribution is -2.66. The minimum atomic E-state index is -4.41. The van der Waals surface area contributed by atoms with Crippen molar-refractivity contribution in [3.8, 4) is 0 Å². The molecule has 2 aromatic rings. The van der Waals surface area contributed by atoms with Crippen molar-refractivity contribution in [2.75, 3.05) is 18.5 Å². The van der Waals surface area contributed by atoms with Gasteiger partial charge in [-0.2, -0.15) is 13.2 Å². The van der Waals surface area contributed by atoms with Gasteiger partial charge < -0.3 is 15.4 Å². The zero-order chi connectivity index (χ0) is 22.5. The van der Waals surface area contributed by atoms with E-state index in [1.165, 1.54) is 6.07 Å². The molecule has 3 aliphatic rings. The molecule has 0 aromatic heterocycles. The van der Waals surface area contributed by atoms with Crippen molar-refractivity contribution in [3.05, 3.63) is 59.2 Å².